The van der Waals surface area contributed by atoms with Gasteiger partial charge >= 0.3 is 0 Å². The van der Waals surface area contributed by atoms with E-state index in [9.17, 15) is 14.4 Å². The molecule has 2 aliphatic rings. The Bertz CT molecular complexity index is 593. The number of benzene rings is 1. The predicted molar refractivity (Wildman–Crippen MR) is 76.1 cm³/mol. The average molecular weight is 286 g/mol. The summed E-state index contributed by atoms with van der Waals surface area (Å²) in [7, 11) is 1.44. The molecule has 1 atom stereocenters. The molecule has 1 aromatic carbocycles. The molecule has 0 bridgehead atoms. The van der Waals surface area contributed by atoms with Gasteiger partial charge in [-0.15, -0.1) is 0 Å². The van der Waals surface area contributed by atoms with Crippen molar-refractivity contribution in [1.29, 1.82) is 0 Å². The van der Waals surface area contributed by atoms with E-state index >= 15 is 0 Å². The first-order valence-electron chi connectivity index (χ1n) is 7.17. The first-order chi connectivity index (χ1) is 10.1. The molecular weight excluding hydrogens is 268 g/mol. The summed E-state index contributed by atoms with van der Waals surface area (Å²) in [4.78, 5) is 38.0. The summed E-state index contributed by atoms with van der Waals surface area (Å²) in [5, 5.41) is 2.38. The van der Waals surface area contributed by atoms with Gasteiger partial charge in [0.25, 0.3) is 5.91 Å². The van der Waals surface area contributed by atoms with Crippen molar-refractivity contribution >= 4 is 17.6 Å². The Kier molecular flexibility index (Phi) is 3.27. The van der Waals surface area contributed by atoms with Crippen molar-refractivity contribution in [2.45, 2.75) is 31.8 Å². The zero-order valence-corrected chi connectivity index (χ0v) is 12.0. The van der Waals surface area contributed by atoms with Crippen molar-refractivity contribution in [3.63, 3.8) is 0 Å². The van der Waals surface area contributed by atoms with E-state index in [4.69, 9.17) is 0 Å². The lowest BCUT2D eigenvalue weighted by atomic mass is 9.93. The Balaban J connectivity index is 1.88. The van der Waals surface area contributed by atoms with Crippen molar-refractivity contribution < 1.29 is 14.4 Å². The van der Waals surface area contributed by atoms with Crippen LogP contribution in [0.4, 0.5) is 0 Å². The van der Waals surface area contributed by atoms with Crippen molar-refractivity contribution in [3.05, 3.63) is 35.9 Å². The van der Waals surface area contributed by atoms with E-state index in [0.717, 1.165) is 18.4 Å². The molecule has 5 nitrogen and oxygen atoms in total. The minimum absolute atomic E-state index is 0.0291. The molecule has 1 saturated heterocycles. The Hall–Kier alpha value is -2.17. The molecule has 1 aliphatic heterocycles. The van der Waals surface area contributed by atoms with Gasteiger partial charge in [-0.2, -0.15) is 0 Å². The fourth-order valence-corrected chi connectivity index (χ4v) is 3.21. The lowest BCUT2D eigenvalue weighted by Crippen LogP contribution is -2.47. The Morgan fingerprint density at radius 3 is 2.52 bits per heavy atom. The van der Waals surface area contributed by atoms with Crippen LogP contribution < -0.4 is 5.32 Å². The van der Waals surface area contributed by atoms with Gasteiger partial charge in [0.2, 0.25) is 11.7 Å². The number of likely N-dealkylation sites (tertiary alicyclic amines) is 1. The summed E-state index contributed by atoms with van der Waals surface area (Å²) < 4.78 is 0. The number of ketones is 1. The monoisotopic (exact) mass is 286 g/mol. The normalized spacial score (nSPS) is 22.4. The molecule has 1 aliphatic carbocycles. The summed E-state index contributed by atoms with van der Waals surface area (Å²) in [5.74, 6) is -1.13. The van der Waals surface area contributed by atoms with E-state index in [1.807, 2.05) is 30.3 Å². The summed E-state index contributed by atoms with van der Waals surface area (Å²) in [6, 6.07) is 8.95. The average Bonchev–Trinajstić information content (AvgIpc) is 3.20. The lowest BCUT2D eigenvalue weighted by molar-refractivity contribution is -0.143. The highest BCUT2D eigenvalue weighted by Gasteiger charge is 2.62. The first kappa shape index (κ1) is 13.8. The van der Waals surface area contributed by atoms with Gasteiger partial charge in [0.05, 0.1) is 0 Å². The summed E-state index contributed by atoms with van der Waals surface area (Å²) in [5.41, 5.74) is 0.674. The maximum atomic E-state index is 12.4. The summed E-state index contributed by atoms with van der Waals surface area (Å²) in [6.45, 7) is 0.384. The molecule has 0 aromatic heterocycles. The number of amides is 2. The smallest absolute Gasteiger partial charge is 0.289 e. The van der Waals surface area contributed by atoms with Gasteiger partial charge in [-0.05, 0) is 18.4 Å². The van der Waals surface area contributed by atoms with Crippen LogP contribution in [0, 0.1) is 5.41 Å². The maximum Gasteiger partial charge on any atom is 0.289 e. The third-order valence-corrected chi connectivity index (χ3v) is 4.50. The number of Topliss-reactive ketones (excluding diaryl/α,β-unsaturated/α-hetero) is 1. The van der Waals surface area contributed by atoms with E-state index in [0.29, 0.717) is 13.0 Å². The number of hydrogen-bond donors (Lipinski definition) is 1. The van der Waals surface area contributed by atoms with Crippen LogP contribution in [0.3, 0.4) is 0 Å². The van der Waals surface area contributed by atoms with Crippen LogP contribution in [0.15, 0.2) is 30.3 Å². The number of likely N-dealkylation sites (N-methyl/N-ethyl adjacent to an activating group) is 1. The number of carbonyl (C=O) groups excluding carboxylic acids is 3. The van der Waals surface area contributed by atoms with Crippen LogP contribution in [0.25, 0.3) is 0 Å². The molecule has 5 heteroatoms. The molecule has 2 amide bonds. The minimum Gasteiger partial charge on any atom is -0.353 e. The quantitative estimate of drug-likeness (QED) is 0.836. The highest BCUT2D eigenvalue weighted by Crippen LogP contribution is 2.57. The third kappa shape index (κ3) is 2.33. The molecular formula is C16H18N2O3. The molecule has 21 heavy (non-hydrogen) atoms. The van der Waals surface area contributed by atoms with E-state index in [1.54, 1.807) is 4.90 Å². The maximum absolute atomic E-state index is 12.4. The highest BCUT2D eigenvalue weighted by molar-refractivity contribution is 6.39. The molecule has 1 aromatic rings. The second-order valence-electron chi connectivity index (χ2n) is 5.89. The summed E-state index contributed by atoms with van der Waals surface area (Å²) in [6.07, 6.45) is 2.07. The van der Waals surface area contributed by atoms with Gasteiger partial charge in [0.1, 0.15) is 6.04 Å². The fourth-order valence-electron chi connectivity index (χ4n) is 3.21. The van der Waals surface area contributed by atoms with Crippen molar-refractivity contribution in [2.75, 3.05) is 7.05 Å². The van der Waals surface area contributed by atoms with Gasteiger partial charge in [-0.25, -0.2) is 0 Å². The van der Waals surface area contributed by atoms with Gasteiger partial charge in [-0.3, -0.25) is 14.4 Å². The van der Waals surface area contributed by atoms with Gasteiger partial charge in [0.15, 0.2) is 0 Å². The molecule has 1 heterocycles. The predicted octanol–water partition coefficient (Wildman–Crippen LogP) is 0.883. The van der Waals surface area contributed by atoms with Gasteiger partial charge < -0.3 is 10.2 Å². The number of rotatable bonds is 4. The number of nitrogens with one attached hydrogen (secondary N) is 1. The van der Waals surface area contributed by atoms with Crippen LogP contribution in [-0.4, -0.2) is 35.6 Å². The van der Waals surface area contributed by atoms with E-state index in [-0.39, 0.29) is 11.3 Å². The molecule has 3 rings (SSSR count). The Morgan fingerprint density at radius 2 is 1.95 bits per heavy atom. The van der Waals surface area contributed by atoms with E-state index in [1.165, 1.54) is 7.05 Å². The molecule has 1 spiro atoms. The van der Waals surface area contributed by atoms with Crippen molar-refractivity contribution in [2.24, 2.45) is 5.41 Å². The zero-order valence-electron chi connectivity index (χ0n) is 12.0. The topological polar surface area (TPSA) is 66.5 Å². The third-order valence-electron chi connectivity index (χ3n) is 4.50. The molecule has 0 radical (unpaired) electrons. The van der Waals surface area contributed by atoms with E-state index < -0.39 is 17.7 Å². The highest BCUT2D eigenvalue weighted by atomic mass is 16.2. The van der Waals surface area contributed by atoms with Crippen LogP contribution in [0.2, 0.25) is 0 Å². The van der Waals surface area contributed by atoms with Crippen molar-refractivity contribution in [3.8, 4) is 0 Å². The van der Waals surface area contributed by atoms with Crippen LogP contribution in [0.5, 0.6) is 0 Å². The number of nitrogens with zero attached hydrogens (tertiary/aromatic N) is 1. The Morgan fingerprint density at radius 1 is 1.29 bits per heavy atom. The zero-order chi connectivity index (χ0) is 15.0. The molecule has 2 fully saturated rings. The lowest BCUT2D eigenvalue weighted by Gasteiger charge is -2.26. The Labute approximate surface area is 123 Å². The van der Waals surface area contributed by atoms with Crippen LogP contribution >= 0.6 is 0 Å². The van der Waals surface area contributed by atoms with Crippen molar-refractivity contribution in [1.82, 2.24) is 10.2 Å². The second kappa shape index (κ2) is 4.98. The molecule has 1 unspecified atom stereocenters. The minimum atomic E-state index is -0.612. The number of carbonyl (C=O) groups is 3. The number of hydrogen-bond acceptors (Lipinski definition) is 3. The molecule has 1 N–H and O–H groups in total. The largest absolute Gasteiger partial charge is 0.353 e. The van der Waals surface area contributed by atoms with Crippen LogP contribution in [0.1, 0.15) is 24.8 Å². The first-order valence-corrected chi connectivity index (χ1v) is 7.17. The van der Waals surface area contributed by atoms with Gasteiger partial charge in [-0.1, -0.05) is 30.3 Å². The summed E-state index contributed by atoms with van der Waals surface area (Å²) >= 11 is 0. The standard InChI is InChI=1S/C16H18N2O3/c1-17-15(21)13(20)14-16(7-8-16)9-12(19)18(14)10-11-5-3-2-4-6-11/h2-6,14H,7-10H2,1H3,(H,17,21). The second-order valence-corrected chi connectivity index (χ2v) is 5.89. The van der Waals surface area contributed by atoms with Crippen LogP contribution in [-0.2, 0) is 20.9 Å². The van der Waals surface area contributed by atoms with Gasteiger partial charge in [0, 0.05) is 25.4 Å². The fraction of sp³-hybridized carbons (Fsp3) is 0.438. The molecule has 1 saturated carbocycles. The van der Waals surface area contributed by atoms with E-state index in [2.05, 4.69) is 5.32 Å². The molecule has 110 valence electrons. The SMILES string of the molecule is CNC(=O)C(=O)C1N(Cc2ccccc2)C(=O)CC12CC2.